The molecule has 2 saturated heterocycles. The van der Waals surface area contributed by atoms with Crippen molar-refractivity contribution < 1.29 is 52.7 Å². The number of carboxylic acid groups (broad SMARTS) is 1. The second kappa shape index (κ2) is 14.8. The molecule has 5 atom stereocenters. The van der Waals surface area contributed by atoms with Gasteiger partial charge in [0.1, 0.15) is 23.9 Å². The average molecular weight is 700 g/mol. The van der Waals surface area contributed by atoms with E-state index < -0.39 is 61.6 Å². The maximum Gasteiger partial charge on any atom is 0.524 e. The van der Waals surface area contributed by atoms with Gasteiger partial charge >= 0.3 is 13.8 Å². The molecule has 0 bridgehead atoms. The fraction of sp³-hybridized carbons (Fsp3) is 0.438. The molecule has 2 heterocycles. The zero-order valence-corrected chi connectivity index (χ0v) is 27.5. The number of aliphatic carboxylic acids is 1. The van der Waals surface area contributed by atoms with Crippen LogP contribution in [0.25, 0.3) is 0 Å². The first-order valence-corrected chi connectivity index (χ1v) is 17.4. The van der Waals surface area contributed by atoms with Crippen molar-refractivity contribution in [3.05, 3.63) is 65.2 Å². The summed E-state index contributed by atoms with van der Waals surface area (Å²) in [5.41, 5.74) is 2.14. The van der Waals surface area contributed by atoms with Crippen LogP contribution in [0.2, 0.25) is 0 Å². The summed E-state index contributed by atoms with van der Waals surface area (Å²) in [6.45, 7) is 1.42. The fourth-order valence-electron chi connectivity index (χ4n) is 6.74. The Hall–Kier alpha value is -4.79. The number of hydrogen-bond acceptors (Lipinski definition) is 8. The van der Waals surface area contributed by atoms with E-state index >= 15 is 0 Å². The van der Waals surface area contributed by atoms with Crippen molar-refractivity contribution in [3.63, 3.8) is 0 Å². The molecule has 0 unspecified atom stereocenters. The Labute approximate surface area is 281 Å². The maximum atomic E-state index is 14.0. The number of hydrazine groups is 1. The monoisotopic (exact) mass is 699 g/mol. The van der Waals surface area contributed by atoms with Crippen LogP contribution in [0.4, 0.5) is 0 Å². The lowest BCUT2D eigenvalue weighted by atomic mass is 9.98. The van der Waals surface area contributed by atoms with Gasteiger partial charge in [-0.3, -0.25) is 43.6 Å². The number of amides is 5. The van der Waals surface area contributed by atoms with E-state index in [-0.39, 0.29) is 56.2 Å². The Kier molecular flexibility index (Phi) is 10.7. The summed E-state index contributed by atoms with van der Waals surface area (Å²) in [6, 6.07) is 8.89. The van der Waals surface area contributed by atoms with Crippen LogP contribution < -0.4 is 20.5 Å². The molecular weight excluding hydrogens is 661 g/mol. The highest BCUT2D eigenvalue weighted by molar-refractivity contribution is 7.46. The van der Waals surface area contributed by atoms with E-state index in [0.29, 0.717) is 18.4 Å². The van der Waals surface area contributed by atoms with E-state index in [2.05, 4.69) is 20.5 Å². The van der Waals surface area contributed by atoms with E-state index in [9.17, 15) is 38.4 Å². The average Bonchev–Trinajstić information content (AvgIpc) is 3.31. The molecule has 1 aliphatic carbocycles. The Morgan fingerprint density at radius 3 is 2.33 bits per heavy atom. The molecule has 2 fully saturated rings. The normalized spacial score (nSPS) is 22.7. The quantitative estimate of drug-likeness (QED) is 0.181. The van der Waals surface area contributed by atoms with Crippen molar-refractivity contribution in [1.82, 2.24) is 26.0 Å². The van der Waals surface area contributed by atoms with Crippen molar-refractivity contribution in [2.24, 2.45) is 0 Å². The van der Waals surface area contributed by atoms with Gasteiger partial charge in [-0.05, 0) is 60.4 Å². The second-order valence-corrected chi connectivity index (χ2v) is 13.5. The van der Waals surface area contributed by atoms with Crippen molar-refractivity contribution in [2.75, 3.05) is 6.54 Å². The van der Waals surface area contributed by atoms with Gasteiger partial charge in [0.2, 0.25) is 23.6 Å². The minimum absolute atomic E-state index is 0.0428. The van der Waals surface area contributed by atoms with Gasteiger partial charge in [-0.15, -0.1) is 0 Å². The van der Waals surface area contributed by atoms with Gasteiger partial charge in [0.25, 0.3) is 5.91 Å². The Bertz CT molecular complexity index is 1680. The summed E-state index contributed by atoms with van der Waals surface area (Å²) >= 11 is 0. The minimum Gasteiger partial charge on any atom is -0.481 e. The highest BCUT2D eigenvalue weighted by Crippen LogP contribution is 2.42. The number of carbonyl (C=O) groups excluding carboxylic acids is 5. The first-order valence-electron chi connectivity index (χ1n) is 15.9. The summed E-state index contributed by atoms with van der Waals surface area (Å²) in [5.74, 6) is -4.14. The molecule has 6 N–H and O–H groups in total. The first-order chi connectivity index (χ1) is 23.2. The van der Waals surface area contributed by atoms with E-state index in [1.54, 1.807) is 6.07 Å². The molecular formula is C32H38N5O11P. The number of carboxylic acids is 1. The molecule has 17 heteroatoms. The number of nitrogens with zero attached hydrogens (tertiary/aromatic N) is 2. The third-order valence-corrected chi connectivity index (χ3v) is 9.28. The second-order valence-electron chi connectivity index (χ2n) is 12.4. The Morgan fingerprint density at radius 2 is 1.67 bits per heavy atom. The number of benzene rings is 2. The molecule has 5 rings (SSSR count). The highest BCUT2D eigenvalue weighted by atomic mass is 31.2. The van der Waals surface area contributed by atoms with Crippen molar-refractivity contribution in [1.29, 1.82) is 0 Å². The van der Waals surface area contributed by atoms with E-state index in [4.69, 9.17) is 9.79 Å². The molecule has 2 aliphatic heterocycles. The lowest BCUT2D eigenvalue weighted by molar-refractivity contribution is -0.176. The zero-order chi connectivity index (χ0) is 35.5. The smallest absolute Gasteiger partial charge is 0.481 e. The van der Waals surface area contributed by atoms with Crippen LogP contribution >= 0.6 is 7.82 Å². The molecule has 0 radical (unpaired) electrons. The van der Waals surface area contributed by atoms with E-state index in [0.717, 1.165) is 16.1 Å². The molecule has 2 aromatic rings. The summed E-state index contributed by atoms with van der Waals surface area (Å²) in [4.78, 5) is 96.2. The summed E-state index contributed by atoms with van der Waals surface area (Å²) < 4.78 is 15.7. The van der Waals surface area contributed by atoms with Crippen LogP contribution in [0, 0.1) is 0 Å². The lowest BCUT2D eigenvalue weighted by Gasteiger charge is -2.43. The fourth-order valence-corrected chi connectivity index (χ4v) is 7.14. The third kappa shape index (κ3) is 8.63. The number of rotatable bonds is 11. The Morgan fingerprint density at radius 1 is 0.980 bits per heavy atom. The van der Waals surface area contributed by atoms with Crippen molar-refractivity contribution in [3.8, 4) is 5.75 Å². The van der Waals surface area contributed by atoms with Crippen molar-refractivity contribution >= 4 is 43.3 Å². The molecule has 0 spiro atoms. The van der Waals surface area contributed by atoms with Gasteiger partial charge in [0, 0.05) is 26.3 Å². The van der Waals surface area contributed by atoms with Crippen molar-refractivity contribution in [2.45, 2.75) is 82.0 Å². The molecule has 2 aromatic carbocycles. The largest absolute Gasteiger partial charge is 0.524 e. The minimum atomic E-state index is -4.78. The molecule has 0 saturated carbocycles. The molecule has 5 amide bonds. The van der Waals surface area contributed by atoms with Crippen LogP contribution in [0.15, 0.2) is 48.5 Å². The van der Waals surface area contributed by atoms with Gasteiger partial charge in [-0.1, -0.05) is 36.4 Å². The molecule has 3 aliphatic rings. The van der Waals surface area contributed by atoms with Crippen LogP contribution in [0.5, 0.6) is 5.75 Å². The summed E-state index contributed by atoms with van der Waals surface area (Å²) in [7, 11) is -4.78. The zero-order valence-electron chi connectivity index (χ0n) is 26.6. The topological polar surface area (TPSA) is 232 Å². The number of nitrogens with one attached hydrogen (secondary N) is 3. The standard InChI is InChI=1S/C32H38N5O11P/c1-18(38)33-26(15-19-8-10-21(11-9-19)48-49(45,46)47)30(42)34-24-12-13-28(39)36-14-4-7-27(37(36)32(24)44)31(43)35-25-16-20(17-29(40)41)22-5-2-3-6-23(22)25/h2-3,5-6,8-11,20,24-27H,4,7,12-17H2,1H3,(H,33,38)(H,34,42)(H,35,43)(H,40,41)(H2,45,46,47)/t20-,24-,25-,26-,27-/m0/s1. The summed E-state index contributed by atoms with van der Waals surface area (Å²) in [6.07, 6.45) is 0.800. The van der Waals surface area contributed by atoms with Gasteiger partial charge in [0.15, 0.2) is 0 Å². The lowest BCUT2D eigenvalue weighted by Crippen LogP contribution is -2.64. The molecule has 0 aromatic heterocycles. The maximum absolute atomic E-state index is 14.0. The SMILES string of the molecule is CC(=O)N[C@@H](Cc1ccc(OP(=O)(O)O)cc1)C(=O)N[C@H]1CCC(=O)N2CCC[C@@H](C(=O)N[C@H]3C[C@@H](CC(=O)O)c4ccccc43)N2C1=O. The summed E-state index contributed by atoms with van der Waals surface area (Å²) in [5, 5.41) is 20.0. The molecule has 16 nitrogen and oxygen atoms in total. The third-order valence-electron chi connectivity index (χ3n) is 8.83. The van der Waals surface area contributed by atoms with E-state index in [1.807, 2.05) is 18.2 Å². The first kappa shape index (κ1) is 35.5. The van der Waals surface area contributed by atoms with Crippen LogP contribution in [0.1, 0.15) is 74.1 Å². The number of fused-ring (bicyclic) bond motifs is 2. The number of phosphoric ester groups is 1. The van der Waals surface area contributed by atoms with Gasteiger partial charge in [-0.2, -0.15) is 0 Å². The van der Waals surface area contributed by atoms with Crippen LogP contribution in [-0.4, -0.2) is 85.1 Å². The van der Waals surface area contributed by atoms with Gasteiger partial charge in [-0.25, -0.2) is 9.57 Å². The van der Waals surface area contributed by atoms with Crippen LogP contribution in [0.3, 0.4) is 0 Å². The highest BCUT2D eigenvalue weighted by Gasteiger charge is 2.46. The van der Waals surface area contributed by atoms with Gasteiger partial charge < -0.3 is 25.6 Å². The number of phosphoric acid groups is 1. The van der Waals surface area contributed by atoms with Gasteiger partial charge in [0.05, 0.1) is 12.5 Å². The van der Waals surface area contributed by atoms with E-state index in [1.165, 1.54) is 36.2 Å². The number of carbonyl (C=O) groups is 6. The molecule has 49 heavy (non-hydrogen) atoms. The Balaban J connectivity index is 1.31. The predicted molar refractivity (Wildman–Crippen MR) is 170 cm³/mol. The predicted octanol–water partition coefficient (Wildman–Crippen LogP) is 1.04. The van der Waals surface area contributed by atoms with Crippen LogP contribution in [-0.2, 0) is 39.8 Å². The molecule has 262 valence electrons. The number of hydrogen-bond donors (Lipinski definition) is 6.